The van der Waals surface area contributed by atoms with Crippen LogP contribution in [-0.4, -0.2) is 46.6 Å². The molecule has 0 bridgehead atoms. The summed E-state index contributed by atoms with van der Waals surface area (Å²) in [5.41, 5.74) is 0.310. The third-order valence-corrected chi connectivity index (χ3v) is 3.98. The number of aliphatic carboxylic acids is 1. The fraction of sp³-hybridized carbons (Fsp3) is 0.467. The summed E-state index contributed by atoms with van der Waals surface area (Å²) >= 11 is 0. The number of nitro benzene ring substituents is 1. The summed E-state index contributed by atoms with van der Waals surface area (Å²) in [6.45, 7) is 1.55. The van der Waals surface area contributed by atoms with E-state index in [9.17, 15) is 19.7 Å². The molecule has 1 saturated heterocycles. The highest BCUT2D eigenvalue weighted by Crippen LogP contribution is 2.18. The number of nitro groups is 1. The van der Waals surface area contributed by atoms with Gasteiger partial charge in [-0.2, -0.15) is 0 Å². The molecule has 1 aromatic rings. The minimum atomic E-state index is -0.773. The Bertz CT molecular complexity index is 597. The Morgan fingerprint density at radius 3 is 2.57 bits per heavy atom. The van der Waals surface area contributed by atoms with Gasteiger partial charge in [0.05, 0.1) is 23.9 Å². The zero-order chi connectivity index (χ0) is 16.8. The summed E-state index contributed by atoms with van der Waals surface area (Å²) in [6, 6.07) is 6.16. The van der Waals surface area contributed by atoms with E-state index in [1.165, 1.54) is 6.07 Å². The number of carbonyl (C=O) groups is 2. The van der Waals surface area contributed by atoms with Crippen LogP contribution in [0.15, 0.2) is 24.3 Å². The van der Waals surface area contributed by atoms with Crippen LogP contribution in [0.3, 0.4) is 0 Å². The van der Waals surface area contributed by atoms with Crippen LogP contribution in [0.25, 0.3) is 0 Å². The van der Waals surface area contributed by atoms with Crippen LogP contribution in [0.2, 0.25) is 0 Å². The lowest BCUT2D eigenvalue weighted by molar-refractivity contribution is -0.385. The predicted octanol–water partition coefficient (Wildman–Crippen LogP) is 1.01. The van der Waals surface area contributed by atoms with Gasteiger partial charge in [-0.3, -0.25) is 24.6 Å². The first-order chi connectivity index (χ1) is 11.0. The normalized spacial score (nSPS) is 16.0. The standard InChI is InChI=1S/C15H19N3O5/c19-14(9-12-3-1-2-4-13(12)18(22)23)16-10-17-7-5-11(6-8-17)15(20)21/h1-4,11H,5-10H2,(H,16,19)(H,20,21). The molecule has 8 heteroatoms. The second kappa shape index (κ2) is 7.68. The van der Waals surface area contributed by atoms with E-state index in [-0.39, 0.29) is 23.9 Å². The average Bonchev–Trinajstić information content (AvgIpc) is 2.53. The van der Waals surface area contributed by atoms with Crippen LogP contribution < -0.4 is 5.32 Å². The van der Waals surface area contributed by atoms with Gasteiger partial charge >= 0.3 is 5.97 Å². The number of amides is 1. The molecule has 23 heavy (non-hydrogen) atoms. The smallest absolute Gasteiger partial charge is 0.306 e. The Hall–Kier alpha value is -2.48. The number of nitrogens with zero attached hydrogens (tertiary/aromatic N) is 2. The first-order valence-electron chi connectivity index (χ1n) is 7.41. The van der Waals surface area contributed by atoms with Crippen LogP contribution in [0.5, 0.6) is 0 Å². The minimum absolute atomic E-state index is 0.0528. The lowest BCUT2D eigenvalue weighted by Crippen LogP contribution is -2.43. The number of rotatable bonds is 6. The first kappa shape index (κ1) is 16.9. The lowest BCUT2D eigenvalue weighted by Gasteiger charge is -2.29. The summed E-state index contributed by atoms with van der Waals surface area (Å²) in [6.07, 6.45) is 1.08. The van der Waals surface area contributed by atoms with Crippen LogP contribution in [0.4, 0.5) is 5.69 Å². The Balaban J connectivity index is 1.80. The van der Waals surface area contributed by atoms with Crippen molar-refractivity contribution in [1.82, 2.24) is 10.2 Å². The van der Waals surface area contributed by atoms with Crippen LogP contribution in [0.1, 0.15) is 18.4 Å². The van der Waals surface area contributed by atoms with E-state index in [2.05, 4.69) is 5.32 Å². The van der Waals surface area contributed by atoms with Crippen molar-refractivity contribution in [3.63, 3.8) is 0 Å². The molecule has 0 saturated carbocycles. The molecule has 0 radical (unpaired) electrons. The third kappa shape index (κ3) is 4.75. The highest BCUT2D eigenvalue weighted by molar-refractivity contribution is 5.79. The van der Waals surface area contributed by atoms with Crippen molar-refractivity contribution in [2.75, 3.05) is 19.8 Å². The van der Waals surface area contributed by atoms with E-state index in [0.29, 0.717) is 38.2 Å². The van der Waals surface area contributed by atoms with Gasteiger partial charge in [0.2, 0.25) is 5.91 Å². The van der Waals surface area contributed by atoms with Crippen LogP contribution in [0, 0.1) is 16.0 Å². The molecule has 2 rings (SSSR count). The maximum absolute atomic E-state index is 11.9. The molecule has 1 aliphatic rings. The summed E-state index contributed by atoms with van der Waals surface area (Å²) < 4.78 is 0. The van der Waals surface area contributed by atoms with Crippen molar-refractivity contribution in [3.05, 3.63) is 39.9 Å². The zero-order valence-corrected chi connectivity index (χ0v) is 12.6. The van der Waals surface area contributed by atoms with Gasteiger partial charge in [0.25, 0.3) is 5.69 Å². The first-order valence-corrected chi connectivity index (χ1v) is 7.41. The van der Waals surface area contributed by atoms with Gasteiger partial charge in [-0.15, -0.1) is 0 Å². The largest absolute Gasteiger partial charge is 0.481 e. The van der Waals surface area contributed by atoms with Crippen LogP contribution in [-0.2, 0) is 16.0 Å². The predicted molar refractivity (Wildman–Crippen MR) is 81.7 cm³/mol. The fourth-order valence-corrected chi connectivity index (χ4v) is 2.61. The number of benzene rings is 1. The van der Waals surface area contributed by atoms with E-state index in [0.717, 1.165) is 0 Å². The Kier molecular flexibility index (Phi) is 5.64. The van der Waals surface area contributed by atoms with E-state index >= 15 is 0 Å². The molecule has 0 aromatic heterocycles. The SMILES string of the molecule is O=C(Cc1ccccc1[N+](=O)[O-])NCN1CCC(C(=O)O)CC1. The Morgan fingerprint density at radius 1 is 1.30 bits per heavy atom. The summed E-state index contributed by atoms with van der Waals surface area (Å²) in [4.78, 5) is 35.2. The number of piperidine rings is 1. The number of carboxylic acid groups (broad SMARTS) is 1. The van der Waals surface area contributed by atoms with Gasteiger partial charge in [0, 0.05) is 24.7 Å². The van der Waals surface area contributed by atoms with Crippen LogP contribution >= 0.6 is 0 Å². The average molecular weight is 321 g/mol. The molecule has 0 spiro atoms. The molecule has 0 unspecified atom stereocenters. The van der Waals surface area contributed by atoms with Crippen molar-refractivity contribution < 1.29 is 19.6 Å². The molecule has 124 valence electrons. The van der Waals surface area contributed by atoms with Crippen molar-refractivity contribution >= 4 is 17.6 Å². The van der Waals surface area contributed by atoms with Gasteiger partial charge in [-0.25, -0.2) is 0 Å². The molecule has 1 amide bonds. The molecule has 1 heterocycles. The summed E-state index contributed by atoms with van der Waals surface area (Å²) in [5, 5.41) is 22.6. The fourth-order valence-electron chi connectivity index (χ4n) is 2.61. The maximum atomic E-state index is 11.9. The van der Waals surface area contributed by atoms with E-state index in [1.807, 2.05) is 4.90 Å². The molecule has 1 aliphatic heterocycles. The van der Waals surface area contributed by atoms with Gasteiger partial charge in [-0.1, -0.05) is 18.2 Å². The topological polar surface area (TPSA) is 113 Å². The number of carboxylic acids is 1. The number of hydrogen-bond donors (Lipinski definition) is 2. The number of nitrogens with one attached hydrogen (secondary N) is 1. The van der Waals surface area contributed by atoms with E-state index < -0.39 is 10.9 Å². The number of likely N-dealkylation sites (tertiary alicyclic amines) is 1. The molecule has 0 atom stereocenters. The quantitative estimate of drug-likeness (QED) is 0.597. The van der Waals surface area contributed by atoms with E-state index in [1.54, 1.807) is 18.2 Å². The lowest BCUT2D eigenvalue weighted by atomic mass is 9.97. The Labute approximate surface area is 133 Å². The maximum Gasteiger partial charge on any atom is 0.306 e. The number of para-hydroxylation sites is 1. The number of hydrogen-bond acceptors (Lipinski definition) is 5. The highest BCUT2D eigenvalue weighted by atomic mass is 16.6. The number of carbonyl (C=O) groups excluding carboxylic acids is 1. The molecule has 1 aromatic carbocycles. The van der Waals surface area contributed by atoms with Crippen molar-refractivity contribution in [3.8, 4) is 0 Å². The second-order valence-corrected chi connectivity index (χ2v) is 5.55. The monoisotopic (exact) mass is 321 g/mol. The second-order valence-electron chi connectivity index (χ2n) is 5.55. The Morgan fingerprint density at radius 2 is 1.96 bits per heavy atom. The minimum Gasteiger partial charge on any atom is -0.481 e. The molecular weight excluding hydrogens is 302 g/mol. The molecule has 1 fully saturated rings. The third-order valence-electron chi connectivity index (χ3n) is 3.98. The molecular formula is C15H19N3O5. The van der Waals surface area contributed by atoms with Crippen molar-refractivity contribution in [2.24, 2.45) is 5.92 Å². The molecule has 8 nitrogen and oxygen atoms in total. The summed E-state index contributed by atoms with van der Waals surface area (Å²) in [7, 11) is 0. The van der Waals surface area contributed by atoms with E-state index in [4.69, 9.17) is 5.11 Å². The molecule has 0 aliphatic carbocycles. The highest BCUT2D eigenvalue weighted by Gasteiger charge is 2.24. The van der Waals surface area contributed by atoms with Crippen molar-refractivity contribution in [1.29, 1.82) is 0 Å². The van der Waals surface area contributed by atoms with Gasteiger partial charge in [-0.05, 0) is 12.8 Å². The summed E-state index contributed by atoms with van der Waals surface area (Å²) in [5.74, 6) is -1.38. The van der Waals surface area contributed by atoms with Gasteiger partial charge in [0.15, 0.2) is 0 Å². The van der Waals surface area contributed by atoms with Crippen molar-refractivity contribution in [2.45, 2.75) is 19.3 Å². The molecule has 2 N–H and O–H groups in total. The van der Waals surface area contributed by atoms with Gasteiger partial charge in [0.1, 0.15) is 0 Å². The zero-order valence-electron chi connectivity index (χ0n) is 12.6. The van der Waals surface area contributed by atoms with Gasteiger partial charge < -0.3 is 10.4 Å².